The van der Waals surface area contributed by atoms with Crippen LogP contribution in [0, 0.1) is 18.8 Å². The van der Waals surface area contributed by atoms with Crippen molar-refractivity contribution in [1.29, 1.82) is 0 Å². The normalized spacial score (nSPS) is 31.3. The summed E-state index contributed by atoms with van der Waals surface area (Å²) in [6, 6.07) is 2.78. The van der Waals surface area contributed by atoms with Crippen LogP contribution < -0.4 is 15.4 Å². The number of hydrogen-bond donors (Lipinski definition) is 2. The van der Waals surface area contributed by atoms with Crippen molar-refractivity contribution < 1.29 is 23.5 Å². The summed E-state index contributed by atoms with van der Waals surface area (Å²) in [5.74, 6) is -1.73. The van der Waals surface area contributed by atoms with Gasteiger partial charge in [0.1, 0.15) is 11.3 Å². The van der Waals surface area contributed by atoms with Crippen molar-refractivity contribution in [3.8, 4) is 5.75 Å². The minimum absolute atomic E-state index is 0.245. The summed E-state index contributed by atoms with van der Waals surface area (Å²) in [7, 11) is 0. The molecule has 7 heteroatoms. The molecule has 0 spiro atoms. The van der Waals surface area contributed by atoms with Crippen molar-refractivity contribution in [2.24, 2.45) is 11.8 Å². The van der Waals surface area contributed by atoms with E-state index in [-0.39, 0.29) is 12.0 Å². The number of urea groups is 1. The number of benzene rings is 1. The maximum absolute atomic E-state index is 12.4. The second-order valence-electron chi connectivity index (χ2n) is 6.26. The van der Waals surface area contributed by atoms with Crippen molar-refractivity contribution >= 4 is 28.9 Å². The quantitative estimate of drug-likeness (QED) is 0.562. The summed E-state index contributed by atoms with van der Waals surface area (Å²) in [6.07, 6.45) is 1.62. The molecule has 5 rings (SSSR count). The molecule has 1 aromatic heterocycles. The number of hydrogen-bond acceptors (Lipinski definition) is 5. The molecule has 2 unspecified atom stereocenters. The second kappa shape index (κ2) is 3.92. The van der Waals surface area contributed by atoms with Gasteiger partial charge in [-0.3, -0.25) is 14.9 Å². The smallest absolute Gasteiger partial charge is 0.321 e. The average Bonchev–Trinajstić information content (AvgIpc) is 2.85. The van der Waals surface area contributed by atoms with Gasteiger partial charge in [-0.15, -0.1) is 0 Å². The number of aryl methyl sites for hydroxylation is 1. The first-order valence-corrected chi connectivity index (χ1v) is 7.40. The third-order valence-electron chi connectivity index (χ3n) is 5.13. The van der Waals surface area contributed by atoms with Crippen LogP contribution in [0.3, 0.4) is 0 Å². The fraction of sp³-hybridized carbons (Fsp3) is 0.312. The predicted molar refractivity (Wildman–Crippen MR) is 76.8 cm³/mol. The Balaban J connectivity index is 1.70. The van der Waals surface area contributed by atoms with Gasteiger partial charge in [0.05, 0.1) is 29.5 Å². The van der Waals surface area contributed by atoms with E-state index in [1.54, 1.807) is 6.26 Å². The van der Waals surface area contributed by atoms with Crippen LogP contribution in [0.4, 0.5) is 4.79 Å². The molecule has 116 valence electrons. The van der Waals surface area contributed by atoms with E-state index in [1.807, 2.05) is 19.1 Å². The van der Waals surface area contributed by atoms with Crippen molar-refractivity contribution in [1.82, 2.24) is 10.6 Å². The molecule has 2 fully saturated rings. The van der Waals surface area contributed by atoms with Crippen LogP contribution in [0.25, 0.3) is 11.0 Å². The molecule has 2 aliphatic heterocycles. The van der Waals surface area contributed by atoms with Gasteiger partial charge in [-0.1, -0.05) is 6.07 Å². The molecule has 0 bridgehead atoms. The van der Waals surface area contributed by atoms with Gasteiger partial charge in [0.15, 0.2) is 0 Å². The Morgan fingerprint density at radius 2 is 1.91 bits per heavy atom. The van der Waals surface area contributed by atoms with Crippen LogP contribution in [0.15, 0.2) is 22.8 Å². The van der Waals surface area contributed by atoms with Crippen LogP contribution in [0.5, 0.6) is 5.75 Å². The minimum atomic E-state index is -0.570. The number of ether oxygens (including phenoxy) is 1. The Hall–Kier alpha value is -2.83. The zero-order valence-corrected chi connectivity index (χ0v) is 12.1. The van der Waals surface area contributed by atoms with Gasteiger partial charge in [0.25, 0.3) is 0 Å². The molecular formula is C16H12N2O5. The molecular weight excluding hydrogens is 300 g/mol. The maximum Gasteiger partial charge on any atom is 0.321 e. The topological polar surface area (TPSA) is 97.6 Å². The first-order chi connectivity index (χ1) is 11.1. The number of rotatable bonds is 0. The van der Waals surface area contributed by atoms with Crippen LogP contribution in [0.1, 0.15) is 17.0 Å². The lowest BCUT2D eigenvalue weighted by Crippen LogP contribution is -2.72. The molecule has 1 saturated carbocycles. The molecule has 4 atom stereocenters. The van der Waals surface area contributed by atoms with E-state index in [0.29, 0.717) is 11.3 Å². The molecule has 3 aliphatic rings. The lowest BCUT2D eigenvalue weighted by atomic mass is 9.56. The van der Waals surface area contributed by atoms with Gasteiger partial charge in [-0.05, 0) is 18.6 Å². The highest BCUT2D eigenvalue weighted by molar-refractivity contribution is 6.04. The van der Waals surface area contributed by atoms with Gasteiger partial charge >= 0.3 is 12.0 Å². The van der Waals surface area contributed by atoms with Crippen molar-refractivity contribution in [3.05, 3.63) is 29.5 Å². The van der Waals surface area contributed by atoms with Gasteiger partial charge in [0.2, 0.25) is 5.91 Å². The van der Waals surface area contributed by atoms with Crippen molar-refractivity contribution in [3.63, 3.8) is 0 Å². The highest BCUT2D eigenvalue weighted by Crippen LogP contribution is 2.55. The molecule has 23 heavy (non-hydrogen) atoms. The number of amides is 3. The standard InChI is InChI=1S/C16H12N2O5/c1-5-4-22-7-3-2-6-9-10(15(20)23-13(6)8(5)7)11-12(9)17-16(21)18-14(11)19/h2-4,9-12H,1H3,(H2,17,18,19,21)/t9?,10?,11-,12+/m0/s1. The summed E-state index contributed by atoms with van der Waals surface area (Å²) in [4.78, 5) is 36.0. The Bertz CT molecular complexity index is 915. The monoisotopic (exact) mass is 312 g/mol. The number of carbonyl (C=O) groups excluding carboxylic acids is 3. The fourth-order valence-electron chi connectivity index (χ4n) is 4.12. The van der Waals surface area contributed by atoms with E-state index in [0.717, 1.165) is 16.5 Å². The number of fused-ring (bicyclic) bond motifs is 8. The van der Waals surface area contributed by atoms with Gasteiger partial charge in [-0.2, -0.15) is 0 Å². The van der Waals surface area contributed by atoms with Gasteiger partial charge < -0.3 is 14.5 Å². The first kappa shape index (κ1) is 12.7. The van der Waals surface area contributed by atoms with E-state index in [2.05, 4.69) is 10.6 Å². The van der Waals surface area contributed by atoms with Crippen LogP contribution in [-0.2, 0) is 9.59 Å². The van der Waals surface area contributed by atoms with Crippen LogP contribution in [-0.4, -0.2) is 23.9 Å². The largest absolute Gasteiger partial charge is 0.464 e. The first-order valence-electron chi connectivity index (χ1n) is 7.40. The zero-order chi connectivity index (χ0) is 15.9. The van der Waals surface area contributed by atoms with Crippen molar-refractivity contribution in [2.45, 2.75) is 18.9 Å². The molecule has 0 radical (unpaired) electrons. The number of carbonyl (C=O) groups is 3. The van der Waals surface area contributed by atoms with Crippen LogP contribution >= 0.6 is 0 Å². The number of esters is 1. The molecule has 2 N–H and O–H groups in total. The molecule has 2 aromatic rings. The zero-order valence-electron chi connectivity index (χ0n) is 12.1. The van der Waals surface area contributed by atoms with E-state index >= 15 is 0 Å². The number of nitrogens with one attached hydrogen (secondary N) is 2. The summed E-state index contributed by atoms with van der Waals surface area (Å²) in [5.41, 5.74) is 2.36. The average molecular weight is 312 g/mol. The summed E-state index contributed by atoms with van der Waals surface area (Å²) >= 11 is 0. The molecule has 7 nitrogen and oxygen atoms in total. The Morgan fingerprint density at radius 3 is 2.74 bits per heavy atom. The molecule has 1 saturated heterocycles. The Morgan fingerprint density at radius 1 is 1.09 bits per heavy atom. The third-order valence-corrected chi connectivity index (χ3v) is 5.13. The lowest BCUT2D eigenvalue weighted by molar-refractivity contribution is -0.158. The SMILES string of the molecule is Cc1coc2ccc3c(c12)OC(=O)C1C3[C@H]2NC(=O)NC(=O)[C@@H]12. The Kier molecular flexibility index (Phi) is 2.16. The van der Waals surface area contributed by atoms with Gasteiger partial charge in [0, 0.05) is 11.5 Å². The summed E-state index contributed by atoms with van der Waals surface area (Å²) < 4.78 is 11.0. The predicted octanol–water partition coefficient (Wildman–Crippen LogP) is 1.20. The molecule has 1 aliphatic carbocycles. The maximum atomic E-state index is 12.4. The Labute approximate surface area is 130 Å². The second-order valence-corrected chi connectivity index (χ2v) is 6.26. The fourth-order valence-corrected chi connectivity index (χ4v) is 4.12. The summed E-state index contributed by atoms with van der Waals surface area (Å²) in [6.45, 7) is 1.88. The molecule has 3 amide bonds. The molecule has 3 heterocycles. The van der Waals surface area contributed by atoms with E-state index < -0.39 is 29.7 Å². The number of imide groups is 1. The minimum Gasteiger partial charge on any atom is -0.464 e. The number of furan rings is 1. The highest BCUT2D eigenvalue weighted by atomic mass is 16.5. The van der Waals surface area contributed by atoms with Gasteiger partial charge in [-0.25, -0.2) is 4.79 Å². The van der Waals surface area contributed by atoms with Crippen LogP contribution in [0.2, 0.25) is 0 Å². The highest BCUT2D eigenvalue weighted by Gasteiger charge is 2.63. The lowest BCUT2D eigenvalue weighted by Gasteiger charge is -2.53. The van der Waals surface area contributed by atoms with E-state index in [9.17, 15) is 14.4 Å². The van der Waals surface area contributed by atoms with E-state index in [1.165, 1.54) is 0 Å². The summed E-state index contributed by atoms with van der Waals surface area (Å²) in [5, 5.41) is 5.74. The van der Waals surface area contributed by atoms with E-state index in [4.69, 9.17) is 9.15 Å². The van der Waals surface area contributed by atoms with Crippen molar-refractivity contribution in [2.75, 3.05) is 0 Å². The third kappa shape index (κ3) is 1.42. The molecule has 1 aromatic carbocycles.